The Morgan fingerprint density at radius 2 is 2.12 bits per heavy atom. The molecule has 0 spiro atoms. The summed E-state index contributed by atoms with van der Waals surface area (Å²) in [5.41, 5.74) is 7.16. The molecule has 0 radical (unpaired) electrons. The second-order valence-corrected chi connectivity index (χ2v) is 3.26. The number of nitrogens with zero attached hydrogens (tertiary/aromatic N) is 3. The van der Waals surface area contributed by atoms with Gasteiger partial charge in [0.2, 0.25) is 0 Å². The van der Waals surface area contributed by atoms with E-state index in [-0.39, 0.29) is 24.8 Å². The van der Waals surface area contributed by atoms with Crippen molar-refractivity contribution in [2.75, 3.05) is 6.54 Å². The van der Waals surface area contributed by atoms with E-state index in [2.05, 4.69) is 21.9 Å². The number of hydrogen-bond donors (Lipinski definition) is 1. The summed E-state index contributed by atoms with van der Waals surface area (Å²) in [5, 5.41) is 5.30. The van der Waals surface area contributed by atoms with Crippen molar-refractivity contribution >= 4 is 35.7 Å². The maximum absolute atomic E-state index is 5.37. The first-order chi connectivity index (χ1) is 7.31. The van der Waals surface area contributed by atoms with Gasteiger partial charge in [0, 0.05) is 37.8 Å². The number of aryl methyl sites for hydroxylation is 1. The second-order valence-electron chi connectivity index (χ2n) is 3.26. The van der Waals surface area contributed by atoms with Crippen molar-refractivity contribution in [3.05, 3.63) is 24.2 Å². The summed E-state index contributed by atoms with van der Waals surface area (Å²) in [6.45, 7) is 0.587. The molecule has 0 amide bonds. The molecule has 17 heavy (non-hydrogen) atoms. The van der Waals surface area contributed by atoms with Gasteiger partial charge in [-0.1, -0.05) is 11.8 Å². The molecule has 92 valence electrons. The Morgan fingerprint density at radius 3 is 2.82 bits per heavy atom. The van der Waals surface area contributed by atoms with Crippen LogP contribution < -0.4 is 5.73 Å². The first kappa shape index (κ1) is 15.7. The van der Waals surface area contributed by atoms with Gasteiger partial charge >= 0.3 is 0 Å². The van der Waals surface area contributed by atoms with Crippen LogP contribution in [0.5, 0.6) is 0 Å². The summed E-state index contributed by atoms with van der Waals surface area (Å²) < 4.78 is 1.76. The zero-order valence-corrected chi connectivity index (χ0v) is 11.0. The van der Waals surface area contributed by atoms with E-state index < -0.39 is 0 Å². The molecule has 0 aliphatic heterocycles. The van der Waals surface area contributed by atoms with Gasteiger partial charge in [-0.05, 0) is 0 Å². The van der Waals surface area contributed by atoms with Crippen LogP contribution in [0.2, 0.25) is 0 Å². The van der Waals surface area contributed by atoms with Gasteiger partial charge in [-0.25, -0.2) is 0 Å². The van der Waals surface area contributed by atoms with E-state index in [0.717, 1.165) is 16.5 Å². The van der Waals surface area contributed by atoms with Gasteiger partial charge in [0.25, 0.3) is 0 Å². The lowest BCUT2D eigenvalue weighted by Crippen LogP contribution is -1.95. The first-order valence-electron chi connectivity index (χ1n) is 4.77. The van der Waals surface area contributed by atoms with Crippen LogP contribution in [0, 0.1) is 11.8 Å². The number of pyridine rings is 1. The summed E-state index contributed by atoms with van der Waals surface area (Å²) in [4.78, 5) is 4.10. The average Bonchev–Trinajstić information content (AvgIpc) is 2.59. The van der Waals surface area contributed by atoms with E-state index in [1.807, 2.05) is 13.2 Å². The van der Waals surface area contributed by atoms with Crippen LogP contribution in [-0.4, -0.2) is 21.3 Å². The third-order valence-corrected chi connectivity index (χ3v) is 2.04. The number of aromatic nitrogens is 3. The molecule has 0 atom stereocenters. The molecule has 0 fully saturated rings. The van der Waals surface area contributed by atoms with Gasteiger partial charge in [-0.3, -0.25) is 9.67 Å². The Kier molecular flexibility index (Phi) is 6.59. The quantitative estimate of drug-likeness (QED) is 0.801. The highest BCUT2D eigenvalue weighted by atomic mass is 35.5. The van der Waals surface area contributed by atoms with Gasteiger partial charge in [0.15, 0.2) is 0 Å². The minimum Gasteiger partial charge on any atom is -0.330 e. The van der Waals surface area contributed by atoms with Crippen LogP contribution in [0.3, 0.4) is 0 Å². The molecular formula is C11H14Cl2N4. The Bertz CT molecular complexity index is 539. The van der Waals surface area contributed by atoms with Crippen molar-refractivity contribution in [2.45, 2.75) is 6.42 Å². The van der Waals surface area contributed by atoms with Crippen molar-refractivity contribution in [3.8, 4) is 11.8 Å². The number of fused-ring (bicyclic) bond motifs is 1. The predicted molar refractivity (Wildman–Crippen MR) is 73.6 cm³/mol. The maximum atomic E-state index is 5.37. The monoisotopic (exact) mass is 272 g/mol. The highest BCUT2D eigenvalue weighted by Crippen LogP contribution is 2.14. The summed E-state index contributed by atoms with van der Waals surface area (Å²) in [7, 11) is 1.89. The zero-order chi connectivity index (χ0) is 10.7. The third-order valence-electron chi connectivity index (χ3n) is 2.04. The molecule has 2 N–H and O–H groups in total. The fourth-order valence-corrected chi connectivity index (χ4v) is 1.39. The molecule has 0 aromatic carbocycles. The fourth-order valence-electron chi connectivity index (χ4n) is 1.39. The van der Waals surface area contributed by atoms with Crippen molar-refractivity contribution < 1.29 is 0 Å². The zero-order valence-electron chi connectivity index (χ0n) is 9.38. The van der Waals surface area contributed by atoms with Crippen LogP contribution in [0.15, 0.2) is 18.6 Å². The van der Waals surface area contributed by atoms with Crippen LogP contribution in [0.1, 0.15) is 12.0 Å². The Hall–Kier alpha value is -1.28. The maximum Gasteiger partial charge on any atom is 0.112 e. The van der Waals surface area contributed by atoms with E-state index >= 15 is 0 Å². The van der Waals surface area contributed by atoms with Gasteiger partial charge < -0.3 is 5.73 Å². The number of nitrogens with two attached hydrogens (primary N) is 1. The van der Waals surface area contributed by atoms with Gasteiger partial charge in [0.05, 0.1) is 11.8 Å². The number of rotatable bonds is 1. The Balaban J connectivity index is 0.00000128. The van der Waals surface area contributed by atoms with Crippen LogP contribution >= 0.6 is 24.8 Å². The smallest absolute Gasteiger partial charge is 0.112 e. The number of hydrogen-bond acceptors (Lipinski definition) is 3. The summed E-state index contributed by atoms with van der Waals surface area (Å²) in [6, 6.07) is 0. The molecule has 2 rings (SSSR count). The van der Waals surface area contributed by atoms with E-state index in [1.54, 1.807) is 17.1 Å². The highest BCUT2D eigenvalue weighted by Gasteiger charge is 2.02. The van der Waals surface area contributed by atoms with E-state index in [4.69, 9.17) is 5.73 Å². The molecule has 4 nitrogen and oxygen atoms in total. The summed E-state index contributed by atoms with van der Waals surface area (Å²) >= 11 is 0. The molecule has 0 saturated heterocycles. The largest absolute Gasteiger partial charge is 0.330 e. The van der Waals surface area contributed by atoms with E-state index in [0.29, 0.717) is 13.0 Å². The molecule has 0 aliphatic carbocycles. The predicted octanol–water partition coefficient (Wildman–Crippen LogP) is 1.51. The normalized spacial score (nSPS) is 8.82. The molecule has 2 heterocycles. The standard InChI is InChI=1S/C11H12N4.2ClH/c1-15-8-10-9(4-2-3-5-12)6-13-7-11(10)14-15;;/h6-8H,3,5,12H2,1H3;2*1H. The number of halogens is 2. The van der Waals surface area contributed by atoms with Crippen LogP contribution in [0.25, 0.3) is 10.9 Å². The van der Waals surface area contributed by atoms with Crippen molar-refractivity contribution in [1.29, 1.82) is 0 Å². The molecule has 0 saturated carbocycles. The van der Waals surface area contributed by atoms with E-state index in [1.165, 1.54) is 0 Å². The Morgan fingerprint density at radius 1 is 1.35 bits per heavy atom. The fraction of sp³-hybridized carbons (Fsp3) is 0.273. The van der Waals surface area contributed by atoms with Gasteiger partial charge in [-0.2, -0.15) is 5.10 Å². The average molecular weight is 273 g/mol. The molecule has 0 bridgehead atoms. The minimum absolute atomic E-state index is 0. The highest BCUT2D eigenvalue weighted by molar-refractivity contribution is 5.85. The Labute approximate surface area is 112 Å². The van der Waals surface area contributed by atoms with Gasteiger partial charge in [0.1, 0.15) is 5.52 Å². The lowest BCUT2D eigenvalue weighted by atomic mass is 10.2. The SMILES string of the molecule is Cl.Cl.Cn1cc2c(C#CCCN)cncc2n1. The van der Waals surface area contributed by atoms with Crippen molar-refractivity contribution in [3.63, 3.8) is 0 Å². The van der Waals surface area contributed by atoms with Crippen molar-refractivity contribution in [2.24, 2.45) is 12.8 Å². The molecule has 2 aromatic heterocycles. The molecule has 0 unspecified atom stereocenters. The van der Waals surface area contributed by atoms with Crippen molar-refractivity contribution in [1.82, 2.24) is 14.8 Å². The summed E-state index contributed by atoms with van der Waals surface area (Å²) in [6.07, 6.45) is 6.15. The van der Waals surface area contributed by atoms with Crippen LogP contribution in [-0.2, 0) is 7.05 Å². The molecular weight excluding hydrogens is 259 g/mol. The lowest BCUT2D eigenvalue weighted by Gasteiger charge is -1.90. The third kappa shape index (κ3) is 3.60. The topological polar surface area (TPSA) is 56.7 Å². The van der Waals surface area contributed by atoms with Gasteiger partial charge in [-0.15, -0.1) is 24.8 Å². The minimum atomic E-state index is 0. The van der Waals surface area contributed by atoms with Crippen LogP contribution in [0.4, 0.5) is 0 Å². The van der Waals surface area contributed by atoms with E-state index in [9.17, 15) is 0 Å². The molecule has 2 aromatic rings. The molecule has 0 aliphatic rings. The summed E-state index contributed by atoms with van der Waals surface area (Å²) in [5.74, 6) is 6.06. The first-order valence-corrected chi connectivity index (χ1v) is 4.77. The lowest BCUT2D eigenvalue weighted by molar-refractivity contribution is 0.779. The molecule has 6 heteroatoms. The second kappa shape index (κ2) is 7.13.